The van der Waals surface area contributed by atoms with Crippen LogP contribution < -0.4 is 5.32 Å². The second-order valence-electron chi connectivity index (χ2n) is 5.37. The monoisotopic (exact) mass is 253 g/mol. The fraction of sp³-hybridized carbons (Fsp3) is 0.294. The van der Waals surface area contributed by atoms with Gasteiger partial charge in [0.25, 0.3) is 0 Å². The standard InChI is InChI=1S/C17H19NO/c1-12-11-15(19)9-10-16(12)18-17(14-7-8-14)13-5-3-2-4-6-13/h2-6,9-11,14,17-19H,7-8H2,1H3. The molecule has 0 spiro atoms. The average molecular weight is 253 g/mol. The van der Waals surface area contributed by atoms with E-state index in [9.17, 15) is 5.11 Å². The molecule has 1 aliphatic carbocycles. The van der Waals surface area contributed by atoms with Crippen LogP contribution in [0.25, 0.3) is 0 Å². The van der Waals surface area contributed by atoms with Crippen LogP contribution in [0.15, 0.2) is 48.5 Å². The minimum absolute atomic E-state index is 0.325. The van der Waals surface area contributed by atoms with E-state index >= 15 is 0 Å². The number of aromatic hydroxyl groups is 1. The van der Waals surface area contributed by atoms with Gasteiger partial charge in [-0.25, -0.2) is 0 Å². The van der Waals surface area contributed by atoms with Crippen LogP contribution in [0.1, 0.15) is 30.0 Å². The van der Waals surface area contributed by atoms with Crippen LogP contribution in [-0.2, 0) is 0 Å². The second-order valence-corrected chi connectivity index (χ2v) is 5.37. The Morgan fingerprint density at radius 2 is 1.84 bits per heavy atom. The van der Waals surface area contributed by atoms with Crippen molar-refractivity contribution in [1.82, 2.24) is 0 Å². The second kappa shape index (κ2) is 4.96. The van der Waals surface area contributed by atoms with Crippen LogP contribution in [0.5, 0.6) is 5.75 Å². The third kappa shape index (κ3) is 2.73. The summed E-state index contributed by atoms with van der Waals surface area (Å²) in [6.45, 7) is 2.02. The van der Waals surface area contributed by atoms with Crippen molar-refractivity contribution in [1.29, 1.82) is 0 Å². The van der Waals surface area contributed by atoms with Crippen molar-refractivity contribution in [2.24, 2.45) is 5.92 Å². The van der Waals surface area contributed by atoms with Gasteiger partial charge in [-0.05, 0) is 55.0 Å². The zero-order valence-corrected chi connectivity index (χ0v) is 11.1. The lowest BCUT2D eigenvalue weighted by molar-refractivity contribution is 0.475. The van der Waals surface area contributed by atoms with Crippen molar-refractivity contribution in [3.8, 4) is 5.75 Å². The normalized spacial score (nSPS) is 16.1. The summed E-state index contributed by atoms with van der Waals surface area (Å²) in [6, 6.07) is 16.5. The molecule has 19 heavy (non-hydrogen) atoms. The summed E-state index contributed by atoms with van der Waals surface area (Å²) in [5.41, 5.74) is 3.54. The van der Waals surface area contributed by atoms with Crippen LogP contribution in [0, 0.1) is 12.8 Å². The summed E-state index contributed by atoms with van der Waals surface area (Å²) in [5, 5.41) is 13.1. The lowest BCUT2D eigenvalue weighted by atomic mass is 10.0. The van der Waals surface area contributed by atoms with E-state index in [0.717, 1.165) is 17.2 Å². The molecule has 2 nitrogen and oxygen atoms in total. The molecule has 3 rings (SSSR count). The Labute approximate surface area is 114 Å². The van der Waals surface area contributed by atoms with Gasteiger partial charge in [0.1, 0.15) is 5.75 Å². The first kappa shape index (κ1) is 12.1. The van der Waals surface area contributed by atoms with Gasteiger partial charge in [-0.2, -0.15) is 0 Å². The first-order chi connectivity index (χ1) is 9.24. The summed E-state index contributed by atoms with van der Waals surface area (Å²) in [7, 11) is 0. The predicted molar refractivity (Wildman–Crippen MR) is 78.4 cm³/mol. The Balaban J connectivity index is 1.86. The molecule has 0 radical (unpaired) electrons. The molecule has 2 heteroatoms. The van der Waals surface area contributed by atoms with Gasteiger partial charge in [-0.3, -0.25) is 0 Å². The van der Waals surface area contributed by atoms with Crippen molar-refractivity contribution in [3.63, 3.8) is 0 Å². The molecule has 0 bridgehead atoms. The SMILES string of the molecule is Cc1cc(O)ccc1NC(c1ccccc1)C1CC1. The van der Waals surface area contributed by atoms with E-state index in [2.05, 4.69) is 35.6 Å². The fourth-order valence-electron chi connectivity index (χ4n) is 2.54. The third-order valence-electron chi connectivity index (χ3n) is 3.77. The smallest absolute Gasteiger partial charge is 0.115 e. The molecule has 1 aliphatic rings. The van der Waals surface area contributed by atoms with E-state index in [4.69, 9.17) is 0 Å². The number of phenols is 1. The Hall–Kier alpha value is -1.96. The van der Waals surface area contributed by atoms with Gasteiger partial charge in [0, 0.05) is 5.69 Å². The lowest BCUT2D eigenvalue weighted by Crippen LogP contribution is -2.13. The summed E-state index contributed by atoms with van der Waals surface area (Å²) < 4.78 is 0. The first-order valence-corrected chi connectivity index (χ1v) is 6.85. The molecule has 2 N–H and O–H groups in total. The minimum atomic E-state index is 0.325. The molecule has 0 saturated heterocycles. The first-order valence-electron chi connectivity index (χ1n) is 6.85. The van der Waals surface area contributed by atoms with E-state index in [0.29, 0.717) is 11.8 Å². The van der Waals surface area contributed by atoms with E-state index in [1.54, 1.807) is 12.1 Å². The fourth-order valence-corrected chi connectivity index (χ4v) is 2.54. The van der Waals surface area contributed by atoms with Crippen LogP contribution >= 0.6 is 0 Å². The highest BCUT2D eigenvalue weighted by molar-refractivity contribution is 5.55. The number of rotatable bonds is 4. The number of hydrogen-bond donors (Lipinski definition) is 2. The van der Waals surface area contributed by atoms with E-state index in [1.807, 2.05) is 13.0 Å². The van der Waals surface area contributed by atoms with Crippen LogP contribution in [0.4, 0.5) is 5.69 Å². The lowest BCUT2D eigenvalue weighted by Gasteiger charge is -2.21. The van der Waals surface area contributed by atoms with Gasteiger partial charge in [-0.1, -0.05) is 30.3 Å². The van der Waals surface area contributed by atoms with Gasteiger partial charge in [-0.15, -0.1) is 0 Å². The van der Waals surface area contributed by atoms with Crippen molar-refractivity contribution < 1.29 is 5.11 Å². The maximum absolute atomic E-state index is 9.48. The minimum Gasteiger partial charge on any atom is -0.508 e. The Bertz CT molecular complexity index is 561. The predicted octanol–water partition coefficient (Wildman–Crippen LogP) is 4.26. The maximum Gasteiger partial charge on any atom is 0.115 e. The van der Waals surface area contributed by atoms with Crippen LogP contribution in [0.2, 0.25) is 0 Å². The maximum atomic E-state index is 9.48. The topological polar surface area (TPSA) is 32.3 Å². The molecule has 0 aromatic heterocycles. The van der Waals surface area contributed by atoms with Gasteiger partial charge in [0.2, 0.25) is 0 Å². The zero-order chi connectivity index (χ0) is 13.2. The highest BCUT2D eigenvalue weighted by atomic mass is 16.3. The quantitative estimate of drug-likeness (QED) is 0.798. The van der Waals surface area contributed by atoms with E-state index < -0.39 is 0 Å². The molecule has 1 atom stereocenters. The molecular weight excluding hydrogens is 234 g/mol. The van der Waals surface area contributed by atoms with E-state index in [-0.39, 0.29) is 0 Å². The van der Waals surface area contributed by atoms with Crippen molar-refractivity contribution >= 4 is 5.69 Å². The highest BCUT2D eigenvalue weighted by Gasteiger charge is 2.32. The largest absolute Gasteiger partial charge is 0.508 e. The Kier molecular flexibility index (Phi) is 3.16. The molecular formula is C17H19NO. The number of benzene rings is 2. The molecule has 0 amide bonds. The molecule has 1 saturated carbocycles. The van der Waals surface area contributed by atoms with Gasteiger partial charge in [0.05, 0.1) is 6.04 Å². The number of hydrogen-bond acceptors (Lipinski definition) is 2. The van der Waals surface area contributed by atoms with Crippen molar-refractivity contribution in [2.45, 2.75) is 25.8 Å². The third-order valence-corrected chi connectivity index (χ3v) is 3.77. The summed E-state index contributed by atoms with van der Waals surface area (Å²) in [5.74, 6) is 1.06. The van der Waals surface area contributed by atoms with Crippen LogP contribution in [0.3, 0.4) is 0 Å². The molecule has 2 aromatic rings. The molecule has 0 heterocycles. The number of phenolic OH excluding ortho intramolecular Hbond substituents is 1. The van der Waals surface area contributed by atoms with Gasteiger partial charge >= 0.3 is 0 Å². The summed E-state index contributed by atoms with van der Waals surface area (Å²) >= 11 is 0. The van der Waals surface area contributed by atoms with Crippen molar-refractivity contribution in [2.75, 3.05) is 5.32 Å². The molecule has 2 aromatic carbocycles. The van der Waals surface area contributed by atoms with Gasteiger partial charge < -0.3 is 10.4 Å². The molecule has 0 aliphatic heterocycles. The number of anilines is 1. The zero-order valence-electron chi connectivity index (χ0n) is 11.1. The van der Waals surface area contributed by atoms with E-state index in [1.165, 1.54) is 18.4 Å². The number of nitrogens with one attached hydrogen (secondary N) is 1. The van der Waals surface area contributed by atoms with Gasteiger partial charge in [0.15, 0.2) is 0 Å². The Morgan fingerprint density at radius 1 is 1.11 bits per heavy atom. The Morgan fingerprint density at radius 3 is 2.47 bits per heavy atom. The average Bonchev–Trinajstić information content (AvgIpc) is 3.23. The molecule has 1 fully saturated rings. The van der Waals surface area contributed by atoms with Crippen LogP contribution in [-0.4, -0.2) is 5.11 Å². The summed E-state index contributed by atoms with van der Waals surface area (Å²) in [6.07, 6.45) is 2.59. The number of aryl methyl sites for hydroxylation is 1. The molecule has 1 unspecified atom stereocenters. The summed E-state index contributed by atoms with van der Waals surface area (Å²) in [4.78, 5) is 0. The molecule has 98 valence electrons. The highest BCUT2D eigenvalue weighted by Crippen LogP contribution is 2.43. The van der Waals surface area contributed by atoms with Crippen molar-refractivity contribution in [3.05, 3.63) is 59.7 Å².